The molecule has 0 aliphatic heterocycles. The Morgan fingerprint density at radius 2 is 2.18 bits per heavy atom. The zero-order valence-electron chi connectivity index (χ0n) is 13.5. The van der Waals surface area contributed by atoms with Crippen LogP contribution < -0.4 is 5.32 Å². The predicted octanol–water partition coefficient (Wildman–Crippen LogP) is 2.58. The summed E-state index contributed by atoms with van der Waals surface area (Å²) in [6, 6.07) is 6.55. The molecule has 116 valence electrons. The smallest absolute Gasteiger partial charge is 0.137 e. The van der Waals surface area contributed by atoms with Crippen molar-refractivity contribution in [3.05, 3.63) is 54.0 Å². The van der Waals surface area contributed by atoms with Gasteiger partial charge in [0.15, 0.2) is 0 Å². The summed E-state index contributed by atoms with van der Waals surface area (Å²) in [5.74, 6) is 1.14. The Balaban J connectivity index is 1.62. The van der Waals surface area contributed by atoms with Crippen LogP contribution in [0.1, 0.15) is 31.1 Å². The molecule has 3 aromatic rings. The average molecular weight is 297 g/mol. The van der Waals surface area contributed by atoms with Gasteiger partial charge >= 0.3 is 0 Å². The first-order valence-corrected chi connectivity index (χ1v) is 7.84. The van der Waals surface area contributed by atoms with E-state index in [2.05, 4.69) is 57.3 Å². The van der Waals surface area contributed by atoms with Crippen molar-refractivity contribution in [2.24, 2.45) is 0 Å². The second kappa shape index (κ2) is 6.32. The van der Waals surface area contributed by atoms with Crippen LogP contribution in [0.4, 0.5) is 0 Å². The Morgan fingerprint density at radius 3 is 2.95 bits per heavy atom. The van der Waals surface area contributed by atoms with Crippen LogP contribution in [0.2, 0.25) is 0 Å². The largest absolute Gasteiger partial charge is 0.333 e. The number of aromatic nitrogens is 4. The molecule has 0 aliphatic rings. The van der Waals surface area contributed by atoms with E-state index in [1.165, 1.54) is 5.69 Å². The number of hydrogen-bond acceptors (Lipinski definition) is 3. The first-order valence-electron chi connectivity index (χ1n) is 7.84. The van der Waals surface area contributed by atoms with Crippen molar-refractivity contribution in [2.45, 2.75) is 46.3 Å². The SMILES string of the molecule is CCc1nccn1C[C@H](C)NCc1cn2c(C)cccc2n1. The van der Waals surface area contributed by atoms with Crippen LogP contribution in [0.3, 0.4) is 0 Å². The Kier molecular flexibility index (Phi) is 4.24. The van der Waals surface area contributed by atoms with Crippen LogP contribution >= 0.6 is 0 Å². The normalized spacial score (nSPS) is 12.9. The Labute approximate surface area is 131 Å². The van der Waals surface area contributed by atoms with Gasteiger partial charge in [-0.2, -0.15) is 0 Å². The highest BCUT2D eigenvalue weighted by Crippen LogP contribution is 2.08. The Hall–Kier alpha value is -2.14. The summed E-state index contributed by atoms with van der Waals surface area (Å²) in [5, 5.41) is 3.54. The van der Waals surface area contributed by atoms with Gasteiger partial charge in [0.25, 0.3) is 0 Å². The van der Waals surface area contributed by atoms with E-state index >= 15 is 0 Å². The molecule has 0 spiro atoms. The standard InChI is InChI=1S/C17H23N5/c1-4-16-18-8-9-21(16)11-13(2)19-10-15-12-22-14(3)6-5-7-17(22)20-15/h5-9,12-13,19H,4,10-11H2,1-3H3/t13-/m0/s1. The first-order chi connectivity index (χ1) is 10.7. The zero-order chi connectivity index (χ0) is 15.5. The second-order valence-corrected chi connectivity index (χ2v) is 5.76. The lowest BCUT2D eigenvalue weighted by molar-refractivity contribution is 0.465. The summed E-state index contributed by atoms with van der Waals surface area (Å²) in [4.78, 5) is 9.02. The van der Waals surface area contributed by atoms with E-state index < -0.39 is 0 Å². The van der Waals surface area contributed by atoms with Gasteiger partial charge in [-0.1, -0.05) is 13.0 Å². The molecule has 0 radical (unpaired) electrons. The van der Waals surface area contributed by atoms with Gasteiger partial charge in [0, 0.05) is 49.8 Å². The summed E-state index contributed by atoms with van der Waals surface area (Å²) in [6.45, 7) is 8.13. The van der Waals surface area contributed by atoms with Crippen molar-refractivity contribution < 1.29 is 0 Å². The van der Waals surface area contributed by atoms with Gasteiger partial charge < -0.3 is 14.3 Å². The van der Waals surface area contributed by atoms with Gasteiger partial charge in [0.1, 0.15) is 11.5 Å². The van der Waals surface area contributed by atoms with Gasteiger partial charge in [0.2, 0.25) is 0 Å². The van der Waals surface area contributed by atoms with Crippen molar-refractivity contribution in [3.8, 4) is 0 Å². The molecule has 3 aromatic heterocycles. The van der Waals surface area contributed by atoms with Gasteiger partial charge in [0.05, 0.1) is 5.69 Å². The molecule has 22 heavy (non-hydrogen) atoms. The fourth-order valence-electron chi connectivity index (χ4n) is 2.74. The quantitative estimate of drug-likeness (QED) is 0.760. The minimum atomic E-state index is 0.366. The molecule has 0 unspecified atom stereocenters. The van der Waals surface area contributed by atoms with Gasteiger partial charge in [-0.05, 0) is 26.0 Å². The van der Waals surface area contributed by atoms with Crippen LogP contribution in [0, 0.1) is 6.92 Å². The minimum Gasteiger partial charge on any atom is -0.333 e. The van der Waals surface area contributed by atoms with Crippen LogP contribution in [0.25, 0.3) is 5.65 Å². The van der Waals surface area contributed by atoms with E-state index in [1.54, 1.807) is 0 Å². The van der Waals surface area contributed by atoms with E-state index in [1.807, 2.05) is 24.5 Å². The topological polar surface area (TPSA) is 47.2 Å². The summed E-state index contributed by atoms with van der Waals surface area (Å²) < 4.78 is 4.35. The van der Waals surface area contributed by atoms with Crippen LogP contribution in [-0.4, -0.2) is 25.0 Å². The van der Waals surface area contributed by atoms with Crippen molar-refractivity contribution in [2.75, 3.05) is 0 Å². The molecule has 3 heterocycles. The summed E-state index contributed by atoms with van der Waals surface area (Å²) in [5.41, 5.74) is 3.28. The maximum atomic E-state index is 4.66. The van der Waals surface area contributed by atoms with Crippen molar-refractivity contribution in [1.82, 2.24) is 24.3 Å². The molecule has 0 fully saturated rings. The molecular weight excluding hydrogens is 274 g/mol. The van der Waals surface area contributed by atoms with Crippen LogP contribution in [0.15, 0.2) is 36.8 Å². The number of nitrogens with zero attached hydrogens (tertiary/aromatic N) is 4. The minimum absolute atomic E-state index is 0.366. The number of nitrogens with one attached hydrogen (secondary N) is 1. The van der Waals surface area contributed by atoms with Crippen molar-refractivity contribution >= 4 is 5.65 Å². The van der Waals surface area contributed by atoms with Crippen molar-refractivity contribution in [3.63, 3.8) is 0 Å². The first kappa shape index (κ1) is 14.8. The maximum Gasteiger partial charge on any atom is 0.137 e. The molecule has 1 atom stereocenters. The lowest BCUT2D eigenvalue weighted by Crippen LogP contribution is -2.30. The van der Waals surface area contributed by atoms with Crippen LogP contribution in [-0.2, 0) is 19.5 Å². The van der Waals surface area contributed by atoms with Crippen molar-refractivity contribution in [1.29, 1.82) is 0 Å². The highest BCUT2D eigenvalue weighted by Gasteiger charge is 2.08. The molecule has 0 aliphatic carbocycles. The van der Waals surface area contributed by atoms with E-state index in [-0.39, 0.29) is 0 Å². The molecule has 0 aromatic carbocycles. The summed E-state index contributed by atoms with van der Waals surface area (Å²) in [6.07, 6.45) is 6.99. The number of imidazole rings is 2. The Bertz CT molecular complexity index is 755. The van der Waals surface area contributed by atoms with E-state index in [0.717, 1.165) is 36.7 Å². The van der Waals surface area contributed by atoms with Gasteiger partial charge in [-0.3, -0.25) is 0 Å². The molecular formula is C17H23N5. The van der Waals surface area contributed by atoms with E-state index in [0.29, 0.717) is 6.04 Å². The molecule has 5 nitrogen and oxygen atoms in total. The summed E-state index contributed by atoms with van der Waals surface area (Å²) >= 11 is 0. The van der Waals surface area contributed by atoms with Crippen LogP contribution in [0.5, 0.6) is 0 Å². The molecule has 5 heteroatoms. The number of aryl methyl sites for hydroxylation is 2. The third-order valence-electron chi connectivity index (χ3n) is 3.97. The molecule has 0 amide bonds. The van der Waals surface area contributed by atoms with Gasteiger partial charge in [-0.25, -0.2) is 9.97 Å². The zero-order valence-corrected chi connectivity index (χ0v) is 13.5. The molecule has 0 saturated heterocycles. The highest BCUT2D eigenvalue weighted by molar-refractivity contribution is 5.41. The fraction of sp³-hybridized carbons (Fsp3) is 0.412. The number of fused-ring (bicyclic) bond motifs is 1. The third kappa shape index (κ3) is 3.04. The second-order valence-electron chi connectivity index (χ2n) is 5.76. The van der Waals surface area contributed by atoms with E-state index in [9.17, 15) is 0 Å². The lowest BCUT2D eigenvalue weighted by atomic mass is 10.3. The number of pyridine rings is 1. The maximum absolute atomic E-state index is 4.66. The number of hydrogen-bond donors (Lipinski definition) is 1. The fourth-order valence-corrected chi connectivity index (χ4v) is 2.74. The van der Waals surface area contributed by atoms with E-state index in [4.69, 9.17) is 0 Å². The third-order valence-corrected chi connectivity index (χ3v) is 3.97. The average Bonchev–Trinajstić information content (AvgIpc) is 3.12. The summed E-state index contributed by atoms with van der Waals surface area (Å²) in [7, 11) is 0. The molecule has 1 N–H and O–H groups in total. The molecule has 0 saturated carbocycles. The monoisotopic (exact) mass is 297 g/mol. The molecule has 0 bridgehead atoms. The molecule has 3 rings (SSSR count). The lowest BCUT2D eigenvalue weighted by Gasteiger charge is -2.15. The Morgan fingerprint density at radius 1 is 1.32 bits per heavy atom. The number of rotatable bonds is 6. The predicted molar refractivity (Wildman–Crippen MR) is 87.8 cm³/mol. The van der Waals surface area contributed by atoms with Gasteiger partial charge in [-0.15, -0.1) is 0 Å². The highest BCUT2D eigenvalue weighted by atomic mass is 15.1.